The minimum absolute atomic E-state index is 0.0185. The molecular formula is C38H47N7O7S. The van der Waals surface area contributed by atoms with Crippen LogP contribution in [0.5, 0.6) is 11.5 Å². The van der Waals surface area contributed by atoms with Crippen molar-refractivity contribution in [2.75, 3.05) is 25.5 Å². The van der Waals surface area contributed by atoms with E-state index in [1.165, 1.54) is 22.3 Å². The first-order valence-corrected chi connectivity index (χ1v) is 18.8. The number of nitrogens with one attached hydrogen (secondary N) is 4. The van der Waals surface area contributed by atoms with Crippen molar-refractivity contribution in [1.82, 2.24) is 30.8 Å². The smallest absolute Gasteiger partial charge is 0.330 e. The first-order chi connectivity index (χ1) is 25.4. The number of likely N-dealkylation sites (tertiary alicyclic amines) is 1. The summed E-state index contributed by atoms with van der Waals surface area (Å²) in [7, 11) is 1.59. The van der Waals surface area contributed by atoms with Crippen molar-refractivity contribution in [1.29, 1.82) is 0 Å². The maximum atomic E-state index is 14.3. The standard InChI is InChI=1S/C38H47N7O7S/c1-7-22-17-38(22,35(48)49)44-33(46)29-14-24(18-45(29)34(47)32(20(3)4)43-36(50)40-23-11-9-10-12-23)52-31-16-27(28-19-53-37(42-28)39-8-2)41-26-15-30(51-6)21(5)13-25(26)31/h7,13,15-16,19,22-24,29,32H,1,3,8-12,14,17-18H2,2,4-6H3,(H,39,42)(H,44,46)(H,48,49)(H2,40,43,50)/t22-,24-,29+,32+,38-/m1/s1. The average molecular weight is 746 g/mol. The number of hydrogen-bond donors (Lipinski definition) is 5. The van der Waals surface area contributed by atoms with E-state index in [1.807, 2.05) is 31.4 Å². The molecule has 3 aromatic rings. The molecule has 282 valence electrons. The van der Waals surface area contributed by atoms with Crippen molar-refractivity contribution in [3.8, 4) is 22.9 Å². The van der Waals surface area contributed by atoms with Gasteiger partial charge >= 0.3 is 12.0 Å². The van der Waals surface area contributed by atoms with E-state index in [4.69, 9.17) is 14.5 Å². The number of carbonyl (C=O) groups is 4. The van der Waals surface area contributed by atoms with Crippen LogP contribution in [0.15, 0.2) is 48.4 Å². The van der Waals surface area contributed by atoms with Gasteiger partial charge in [0.05, 0.1) is 24.9 Å². The lowest BCUT2D eigenvalue weighted by Gasteiger charge is -2.30. The molecule has 3 heterocycles. The molecule has 2 aliphatic carbocycles. The quantitative estimate of drug-likeness (QED) is 0.144. The molecule has 0 radical (unpaired) electrons. The lowest BCUT2D eigenvalue weighted by molar-refractivity contribution is -0.145. The topological polar surface area (TPSA) is 184 Å². The first kappa shape index (κ1) is 37.6. The normalized spacial score (nSPS) is 22.9. The molecule has 3 aliphatic rings. The molecule has 0 spiro atoms. The number of pyridine rings is 1. The van der Waals surface area contributed by atoms with Gasteiger partial charge in [0.1, 0.15) is 40.9 Å². The van der Waals surface area contributed by atoms with Crippen LogP contribution >= 0.6 is 11.3 Å². The molecule has 1 saturated heterocycles. The van der Waals surface area contributed by atoms with Crippen LogP contribution in [-0.4, -0.2) is 93.8 Å². The van der Waals surface area contributed by atoms with Gasteiger partial charge < -0.3 is 40.7 Å². The lowest BCUT2D eigenvalue weighted by Crippen LogP contribution is -2.57. The van der Waals surface area contributed by atoms with Gasteiger partial charge in [-0.25, -0.2) is 19.6 Å². The summed E-state index contributed by atoms with van der Waals surface area (Å²) in [4.78, 5) is 64.7. The SMILES string of the molecule is C=C[C@@H]1C[C@]1(NC(=O)[C@@H]1C[C@@H](Oc2cc(-c3csc(NCC)n3)nc3cc(OC)c(C)cc23)CN1C(=O)[C@@H](NC(=O)NC1CCCC1)C(=C)C)C(=O)O. The third kappa shape index (κ3) is 7.80. The van der Waals surface area contributed by atoms with Gasteiger partial charge in [-0.2, -0.15) is 0 Å². The molecule has 4 amide bonds. The molecule has 1 aliphatic heterocycles. The number of aromatic nitrogens is 2. The number of carboxylic acid groups (broad SMARTS) is 1. The van der Waals surface area contributed by atoms with Crippen LogP contribution in [-0.2, 0) is 14.4 Å². The van der Waals surface area contributed by atoms with Crippen molar-refractivity contribution in [3.63, 3.8) is 0 Å². The molecule has 3 fully saturated rings. The van der Waals surface area contributed by atoms with Gasteiger partial charge in [0, 0.05) is 47.8 Å². The van der Waals surface area contributed by atoms with Gasteiger partial charge in [0.2, 0.25) is 11.8 Å². The number of amides is 4. The third-order valence-electron chi connectivity index (χ3n) is 10.3. The Labute approximate surface area is 312 Å². The number of nitrogens with zero attached hydrogens (tertiary/aromatic N) is 3. The Morgan fingerprint density at radius 2 is 1.91 bits per heavy atom. The molecule has 14 nitrogen and oxygen atoms in total. The van der Waals surface area contributed by atoms with E-state index in [2.05, 4.69) is 39.4 Å². The second-order valence-corrected chi connectivity index (χ2v) is 14.9. The molecule has 0 unspecified atom stereocenters. The zero-order valence-electron chi connectivity index (χ0n) is 30.5. The van der Waals surface area contributed by atoms with E-state index >= 15 is 0 Å². The van der Waals surface area contributed by atoms with Crippen LogP contribution < -0.4 is 30.7 Å². The Morgan fingerprint density at radius 1 is 1.15 bits per heavy atom. The Balaban J connectivity index is 1.33. The average Bonchev–Trinajstić information content (AvgIpc) is 3.54. The van der Waals surface area contributed by atoms with Gasteiger partial charge in [0.25, 0.3) is 0 Å². The van der Waals surface area contributed by atoms with E-state index in [-0.39, 0.29) is 25.4 Å². The van der Waals surface area contributed by atoms with Crippen molar-refractivity contribution < 1.29 is 33.8 Å². The van der Waals surface area contributed by atoms with Gasteiger partial charge in [-0.3, -0.25) is 9.59 Å². The number of aliphatic carboxylic acids is 1. The van der Waals surface area contributed by atoms with Gasteiger partial charge in [-0.1, -0.05) is 25.5 Å². The van der Waals surface area contributed by atoms with Crippen molar-refractivity contribution >= 4 is 51.2 Å². The largest absolute Gasteiger partial charge is 0.496 e. The lowest BCUT2D eigenvalue weighted by atomic mass is 10.1. The molecule has 15 heteroatoms. The summed E-state index contributed by atoms with van der Waals surface area (Å²) >= 11 is 1.46. The number of hydrogen-bond acceptors (Lipinski definition) is 10. The number of carbonyl (C=O) groups excluding carboxylic acids is 3. The van der Waals surface area contributed by atoms with E-state index in [1.54, 1.807) is 20.1 Å². The highest BCUT2D eigenvalue weighted by Gasteiger charge is 2.61. The summed E-state index contributed by atoms with van der Waals surface area (Å²) < 4.78 is 12.3. The van der Waals surface area contributed by atoms with E-state index in [0.717, 1.165) is 36.4 Å². The number of ether oxygens (including phenoxy) is 2. The number of methoxy groups -OCH3 is 1. The highest BCUT2D eigenvalue weighted by atomic mass is 32.1. The zero-order valence-corrected chi connectivity index (χ0v) is 31.3. The molecular weight excluding hydrogens is 699 g/mol. The number of urea groups is 1. The van der Waals surface area contributed by atoms with Gasteiger partial charge in [0.15, 0.2) is 5.13 Å². The fraction of sp³-hybridized carbons (Fsp3) is 0.474. The molecule has 2 saturated carbocycles. The summed E-state index contributed by atoms with van der Waals surface area (Å²) in [5.74, 6) is -1.70. The summed E-state index contributed by atoms with van der Waals surface area (Å²) in [6.45, 7) is 13.9. The molecule has 2 aromatic heterocycles. The zero-order chi connectivity index (χ0) is 38.0. The fourth-order valence-corrected chi connectivity index (χ4v) is 8.04. The van der Waals surface area contributed by atoms with E-state index in [9.17, 15) is 24.3 Å². The highest BCUT2D eigenvalue weighted by Crippen LogP contribution is 2.45. The number of anilines is 1. The van der Waals surface area contributed by atoms with Gasteiger partial charge in [-0.15, -0.1) is 17.9 Å². The summed E-state index contributed by atoms with van der Waals surface area (Å²) in [5.41, 5.74) is 1.53. The minimum Gasteiger partial charge on any atom is -0.496 e. The molecule has 1 aromatic carbocycles. The minimum atomic E-state index is -1.51. The Morgan fingerprint density at radius 3 is 2.55 bits per heavy atom. The van der Waals surface area contributed by atoms with Crippen molar-refractivity contribution in [2.45, 2.75) is 89.1 Å². The van der Waals surface area contributed by atoms with Crippen LogP contribution in [0.1, 0.15) is 57.9 Å². The van der Waals surface area contributed by atoms with Crippen LogP contribution in [0.4, 0.5) is 9.93 Å². The van der Waals surface area contributed by atoms with Crippen LogP contribution in [0.2, 0.25) is 0 Å². The molecule has 53 heavy (non-hydrogen) atoms. The Kier molecular flexibility index (Phi) is 10.9. The number of fused-ring (bicyclic) bond motifs is 1. The predicted octanol–water partition coefficient (Wildman–Crippen LogP) is 4.79. The molecule has 0 bridgehead atoms. The molecule has 6 rings (SSSR count). The number of rotatable bonds is 14. The second kappa shape index (κ2) is 15.4. The Hall–Kier alpha value is -5.18. The van der Waals surface area contributed by atoms with Crippen LogP contribution in [0.3, 0.4) is 0 Å². The number of aryl methyl sites for hydroxylation is 1. The number of benzene rings is 1. The molecule has 5 N–H and O–H groups in total. The van der Waals surface area contributed by atoms with Crippen LogP contribution in [0, 0.1) is 12.8 Å². The number of thiazole rings is 1. The third-order valence-corrected chi connectivity index (χ3v) is 11.1. The first-order valence-electron chi connectivity index (χ1n) is 17.9. The van der Waals surface area contributed by atoms with E-state index in [0.29, 0.717) is 45.9 Å². The monoisotopic (exact) mass is 745 g/mol. The summed E-state index contributed by atoms with van der Waals surface area (Å²) in [6.07, 6.45) is 4.82. The van der Waals surface area contributed by atoms with Gasteiger partial charge in [-0.05, 0) is 57.2 Å². The highest BCUT2D eigenvalue weighted by molar-refractivity contribution is 7.14. The van der Waals surface area contributed by atoms with Crippen molar-refractivity contribution in [3.05, 3.63) is 53.9 Å². The molecule has 5 atom stereocenters. The maximum absolute atomic E-state index is 14.3. The van der Waals surface area contributed by atoms with E-state index < -0.39 is 53.5 Å². The maximum Gasteiger partial charge on any atom is 0.330 e. The fourth-order valence-electron chi connectivity index (χ4n) is 7.27. The predicted molar refractivity (Wildman–Crippen MR) is 202 cm³/mol. The number of carboxylic acids is 1. The van der Waals surface area contributed by atoms with Crippen LogP contribution in [0.25, 0.3) is 22.3 Å². The summed E-state index contributed by atoms with van der Waals surface area (Å²) in [6, 6.07) is 2.82. The summed E-state index contributed by atoms with van der Waals surface area (Å²) in [5, 5.41) is 25.0. The second-order valence-electron chi connectivity index (χ2n) is 14.1. The van der Waals surface area contributed by atoms with Crippen molar-refractivity contribution in [2.24, 2.45) is 5.92 Å². The Bertz CT molecular complexity index is 1940.